The maximum Gasteiger partial charge on any atom is 0.257 e. The maximum absolute atomic E-state index is 12.9. The lowest BCUT2D eigenvalue weighted by molar-refractivity contribution is 0.0951. The van der Waals surface area contributed by atoms with Gasteiger partial charge in [0.1, 0.15) is 16.9 Å². The third-order valence-electron chi connectivity index (χ3n) is 4.63. The van der Waals surface area contributed by atoms with Gasteiger partial charge in [0.15, 0.2) is 5.65 Å². The number of nitrogens with one attached hydrogen (secondary N) is 1. The monoisotopic (exact) mass is 402 g/mol. The van der Waals surface area contributed by atoms with E-state index in [0.29, 0.717) is 41.8 Å². The predicted octanol–water partition coefficient (Wildman–Crippen LogP) is 2.82. The summed E-state index contributed by atoms with van der Waals surface area (Å²) >= 11 is 0. The topological polar surface area (TPSA) is 107 Å². The van der Waals surface area contributed by atoms with Crippen molar-refractivity contribution in [1.29, 1.82) is 0 Å². The molecule has 0 bridgehead atoms. The number of carbonyl (C=O) groups excluding carboxylic acids is 1. The number of anilines is 1. The molecular weight excluding hydrogens is 380 g/mol. The molecule has 2 heterocycles. The van der Waals surface area contributed by atoms with Crippen LogP contribution >= 0.6 is 0 Å². The van der Waals surface area contributed by atoms with Crippen molar-refractivity contribution in [2.75, 3.05) is 26.0 Å². The van der Waals surface area contributed by atoms with Gasteiger partial charge in [-0.05, 0) is 24.1 Å². The van der Waals surface area contributed by atoms with Crippen LogP contribution in [0.3, 0.4) is 0 Å². The van der Waals surface area contributed by atoms with Crippen LogP contribution in [-0.2, 0) is 4.74 Å². The first kappa shape index (κ1) is 19.5. The fourth-order valence-electron chi connectivity index (χ4n) is 3.16. The highest BCUT2D eigenvalue weighted by molar-refractivity contribution is 6.10. The molecule has 0 radical (unpaired) electrons. The lowest BCUT2D eigenvalue weighted by Crippen LogP contribution is -2.26. The van der Waals surface area contributed by atoms with Gasteiger partial charge in [-0.2, -0.15) is 9.78 Å². The molecule has 8 nitrogen and oxygen atoms in total. The van der Waals surface area contributed by atoms with Crippen LogP contribution in [0.15, 0.2) is 59.7 Å². The molecule has 0 atom stereocenters. The number of carbonyl (C=O) groups is 1. The van der Waals surface area contributed by atoms with Gasteiger partial charge in [-0.15, -0.1) is 0 Å². The van der Waals surface area contributed by atoms with Crippen LogP contribution < -0.4 is 11.1 Å². The van der Waals surface area contributed by atoms with E-state index in [4.69, 9.17) is 10.5 Å². The minimum Gasteiger partial charge on any atom is -0.385 e. The van der Waals surface area contributed by atoms with E-state index in [2.05, 4.69) is 20.4 Å². The standard InChI is InChI=1S/C22H22N6O2/c1-30-13-7-12-24-22(29)18-19-21(27-17-11-6-5-10-16(17)26-19)28(20(18)23)25-14-15-8-3-2-4-9-15/h2-6,8-11,14H,7,12-13,23H2,1H3,(H,24,29)/b25-14-. The smallest absolute Gasteiger partial charge is 0.257 e. The SMILES string of the molecule is COCCCNC(=O)c1c(N)n(/N=C\c2ccccc2)c2nc3ccccc3nc12. The Labute approximate surface area is 173 Å². The molecule has 0 spiro atoms. The Hall–Kier alpha value is -3.78. The normalized spacial score (nSPS) is 11.5. The highest BCUT2D eigenvalue weighted by atomic mass is 16.5. The minimum atomic E-state index is -0.313. The van der Waals surface area contributed by atoms with E-state index >= 15 is 0 Å². The number of benzene rings is 2. The number of hydrogen-bond donors (Lipinski definition) is 2. The van der Waals surface area contributed by atoms with Gasteiger partial charge in [-0.1, -0.05) is 42.5 Å². The average Bonchev–Trinajstić information content (AvgIpc) is 3.04. The molecule has 152 valence electrons. The fourth-order valence-corrected chi connectivity index (χ4v) is 3.16. The summed E-state index contributed by atoms with van der Waals surface area (Å²) in [6.45, 7) is 1.02. The molecule has 30 heavy (non-hydrogen) atoms. The third kappa shape index (κ3) is 3.85. The van der Waals surface area contributed by atoms with E-state index in [-0.39, 0.29) is 17.3 Å². The Kier molecular flexibility index (Phi) is 5.67. The summed E-state index contributed by atoms with van der Waals surface area (Å²) in [4.78, 5) is 22.2. The number of amides is 1. The molecule has 0 saturated heterocycles. The van der Waals surface area contributed by atoms with E-state index in [9.17, 15) is 4.79 Å². The van der Waals surface area contributed by atoms with Gasteiger partial charge < -0.3 is 15.8 Å². The van der Waals surface area contributed by atoms with Crippen LogP contribution in [0.25, 0.3) is 22.2 Å². The molecule has 0 aliphatic heterocycles. The Balaban J connectivity index is 1.81. The second kappa shape index (κ2) is 8.71. The molecule has 1 amide bonds. The molecule has 0 saturated carbocycles. The van der Waals surface area contributed by atoms with Crippen molar-refractivity contribution < 1.29 is 9.53 Å². The summed E-state index contributed by atoms with van der Waals surface area (Å²) in [5, 5.41) is 7.36. The van der Waals surface area contributed by atoms with Gasteiger partial charge in [0.25, 0.3) is 5.91 Å². The number of ether oxygens (including phenoxy) is 1. The Bertz CT molecular complexity index is 1220. The number of para-hydroxylation sites is 2. The summed E-state index contributed by atoms with van der Waals surface area (Å²) in [6.07, 6.45) is 2.37. The van der Waals surface area contributed by atoms with E-state index in [1.54, 1.807) is 13.3 Å². The largest absolute Gasteiger partial charge is 0.385 e. The Morgan fingerprint density at radius 2 is 1.83 bits per heavy atom. The lowest BCUT2D eigenvalue weighted by atomic mass is 10.2. The van der Waals surface area contributed by atoms with Gasteiger partial charge in [0.05, 0.1) is 17.2 Å². The van der Waals surface area contributed by atoms with Gasteiger partial charge in [-0.3, -0.25) is 4.79 Å². The summed E-state index contributed by atoms with van der Waals surface area (Å²) in [7, 11) is 1.62. The average molecular weight is 402 g/mol. The van der Waals surface area contributed by atoms with Crippen LogP contribution in [0.1, 0.15) is 22.3 Å². The van der Waals surface area contributed by atoms with E-state index in [1.165, 1.54) is 4.68 Å². The Morgan fingerprint density at radius 1 is 1.13 bits per heavy atom. The first-order valence-corrected chi connectivity index (χ1v) is 9.62. The first-order chi connectivity index (χ1) is 14.7. The lowest BCUT2D eigenvalue weighted by Gasteiger charge is -2.05. The van der Waals surface area contributed by atoms with Crippen molar-refractivity contribution in [1.82, 2.24) is 20.0 Å². The number of nitrogens with zero attached hydrogens (tertiary/aromatic N) is 4. The summed E-state index contributed by atoms with van der Waals surface area (Å²) in [5.41, 5.74) is 9.76. The van der Waals surface area contributed by atoms with Crippen LogP contribution in [0.2, 0.25) is 0 Å². The second-order valence-electron chi connectivity index (χ2n) is 6.71. The van der Waals surface area contributed by atoms with E-state index in [1.807, 2.05) is 54.6 Å². The zero-order chi connectivity index (χ0) is 20.9. The zero-order valence-corrected chi connectivity index (χ0v) is 16.6. The maximum atomic E-state index is 12.9. The number of methoxy groups -OCH3 is 1. The van der Waals surface area contributed by atoms with Gasteiger partial charge >= 0.3 is 0 Å². The van der Waals surface area contributed by atoms with Crippen molar-refractivity contribution in [2.24, 2.45) is 5.10 Å². The summed E-state index contributed by atoms with van der Waals surface area (Å²) in [6, 6.07) is 17.1. The highest BCUT2D eigenvalue weighted by Gasteiger charge is 2.23. The summed E-state index contributed by atoms with van der Waals surface area (Å²) in [5.74, 6) is -0.122. The molecule has 0 aliphatic rings. The number of fused-ring (bicyclic) bond motifs is 2. The minimum absolute atomic E-state index is 0.191. The van der Waals surface area contributed by atoms with Gasteiger partial charge in [-0.25, -0.2) is 9.97 Å². The molecule has 0 aliphatic carbocycles. The zero-order valence-electron chi connectivity index (χ0n) is 16.6. The van der Waals surface area contributed by atoms with Gasteiger partial charge in [0.2, 0.25) is 0 Å². The molecule has 0 unspecified atom stereocenters. The van der Waals surface area contributed by atoms with E-state index < -0.39 is 0 Å². The third-order valence-corrected chi connectivity index (χ3v) is 4.63. The van der Waals surface area contributed by atoms with Crippen molar-refractivity contribution in [3.8, 4) is 0 Å². The first-order valence-electron chi connectivity index (χ1n) is 9.62. The van der Waals surface area contributed by atoms with Crippen LogP contribution in [0.5, 0.6) is 0 Å². The van der Waals surface area contributed by atoms with Crippen molar-refractivity contribution in [2.45, 2.75) is 6.42 Å². The molecule has 3 N–H and O–H groups in total. The fraction of sp³-hybridized carbons (Fsp3) is 0.182. The molecular formula is C22H22N6O2. The second-order valence-corrected chi connectivity index (χ2v) is 6.71. The van der Waals surface area contributed by atoms with Crippen LogP contribution in [0.4, 0.5) is 5.82 Å². The van der Waals surface area contributed by atoms with Crippen molar-refractivity contribution >= 4 is 40.1 Å². The highest BCUT2D eigenvalue weighted by Crippen LogP contribution is 2.27. The number of nitrogens with two attached hydrogens (primary N) is 1. The number of hydrogen-bond acceptors (Lipinski definition) is 6. The number of nitrogen functional groups attached to an aromatic ring is 1. The predicted molar refractivity (Wildman–Crippen MR) is 118 cm³/mol. The quantitative estimate of drug-likeness (QED) is 0.365. The number of aromatic nitrogens is 3. The Morgan fingerprint density at radius 3 is 2.57 bits per heavy atom. The molecule has 4 aromatic rings. The molecule has 2 aromatic carbocycles. The molecule has 4 rings (SSSR count). The molecule has 0 fully saturated rings. The van der Waals surface area contributed by atoms with Crippen molar-refractivity contribution in [3.05, 3.63) is 65.7 Å². The van der Waals surface area contributed by atoms with E-state index in [0.717, 1.165) is 5.56 Å². The summed E-state index contributed by atoms with van der Waals surface area (Å²) < 4.78 is 6.49. The molecule has 2 aromatic heterocycles. The van der Waals surface area contributed by atoms with Crippen LogP contribution in [-0.4, -0.2) is 47.0 Å². The molecule has 8 heteroatoms. The van der Waals surface area contributed by atoms with Crippen LogP contribution in [0, 0.1) is 0 Å². The van der Waals surface area contributed by atoms with Crippen molar-refractivity contribution in [3.63, 3.8) is 0 Å². The number of rotatable bonds is 7. The van der Waals surface area contributed by atoms with Gasteiger partial charge in [0, 0.05) is 20.3 Å².